The Labute approximate surface area is 169 Å². The minimum Gasteiger partial charge on any atom is -0.326 e. The fourth-order valence-corrected chi connectivity index (χ4v) is 4.44. The number of carbonyl (C=O) groups excluding carboxylic acids is 1. The summed E-state index contributed by atoms with van der Waals surface area (Å²) in [4.78, 5) is 11.3. The number of sulfonamides is 1. The normalized spacial score (nSPS) is 12.6. The van der Waals surface area contributed by atoms with Crippen LogP contribution in [-0.2, 0) is 14.8 Å². The van der Waals surface area contributed by atoms with Gasteiger partial charge in [0, 0.05) is 19.7 Å². The van der Waals surface area contributed by atoms with E-state index in [4.69, 9.17) is 0 Å². The van der Waals surface area contributed by atoms with Crippen LogP contribution in [0.5, 0.6) is 0 Å². The number of anilines is 1. The summed E-state index contributed by atoms with van der Waals surface area (Å²) in [5.74, 6) is -0.627. The van der Waals surface area contributed by atoms with Crippen LogP contribution in [0.4, 0.5) is 10.1 Å². The van der Waals surface area contributed by atoms with Gasteiger partial charge in [-0.1, -0.05) is 42.5 Å². The van der Waals surface area contributed by atoms with Crippen molar-refractivity contribution in [1.29, 1.82) is 0 Å². The smallest absolute Gasteiger partial charge is 0.243 e. The van der Waals surface area contributed by atoms with Gasteiger partial charge in [-0.15, -0.1) is 0 Å². The first-order valence-corrected chi connectivity index (χ1v) is 10.4. The molecule has 1 atom stereocenters. The lowest BCUT2D eigenvalue weighted by atomic mass is 9.99. The van der Waals surface area contributed by atoms with E-state index in [2.05, 4.69) is 5.32 Å². The molecular formula is C22H21FN2O3S. The second kappa shape index (κ2) is 8.55. The topological polar surface area (TPSA) is 66.5 Å². The van der Waals surface area contributed by atoms with Gasteiger partial charge in [0.1, 0.15) is 5.82 Å². The molecule has 3 aromatic rings. The maximum Gasteiger partial charge on any atom is 0.243 e. The summed E-state index contributed by atoms with van der Waals surface area (Å²) in [7, 11) is -2.36. The number of hydrogen-bond acceptors (Lipinski definition) is 3. The molecule has 1 unspecified atom stereocenters. The highest BCUT2D eigenvalue weighted by atomic mass is 32.2. The van der Waals surface area contributed by atoms with Crippen LogP contribution in [0.1, 0.15) is 24.1 Å². The number of carbonyl (C=O) groups is 1. The van der Waals surface area contributed by atoms with E-state index in [1.54, 1.807) is 12.1 Å². The number of nitrogens with one attached hydrogen (secondary N) is 1. The lowest BCUT2D eigenvalue weighted by Crippen LogP contribution is -2.32. The van der Waals surface area contributed by atoms with Gasteiger partial charge in [-0.2, -0.15) is 4.31 Å². The zero-order chi connectivity index (χ0) is 21.0. The molecule has 1 amide bonds. The van der Waals surface area contributed by atoms with Crippen LogP contribution in [-0.4, -0.2) is 25.7 Å². The predicted molar refractivity (Wildman–Crippen MR) is 110 cm³/mol. The molecule has 0 aliphatic heterocycles. The van der Waals surface area contributed by atoms with E-state index in [1.807, 2.05) is 30.3 Å². The summed E-state index contributed by atoms with van der Waals surface area (Å²) in [6.07, 6.45) is 0. The molecule has 0 radical (unpaired) electrons. The molecule has 0 bridgehead atoms. The Hall–Kier alpha value is -3.03. The Kier molecular flexibility index (Phi) is 6.10. The van der Waals surface area contributed by atoms with Crippen LogP contribution in [0.2, 0.25) is 0 Å². The molecule has 29 heavy (non-hydrogen) atoms. The largest absolute Gasteiger partial charge is 0.326 e. The summed E-state index contributed by atoms with van der Waals surface area (Å²) in [5.41, 5.74) is 1.93. The minimum absolute atomic E-state index is 0.0946. The maximum absolute atomic E-state index is 13.4. The van der Waals surface area contributed by atoms with Crippen molar-refractivity contribution in [2.75, 3.05) is 12.4 Å². The van der Waals surface area contributed by atoms with E-state index >= 15 is 0 Å². The van der Waals surface area contributed by atoms with Gasteiger partial charge < -0.3 is 5.32 Å². The number of halogens is 1. The zero-order valence-electron chi connectivity index (χ0n) is 16.0. The van der Waals surface area contributed by atoms with Crippen LogP contribution in [0.15, 0.2) is 83.8 Å². The molecule has 0 aromatic heterocycles. The van der Waals surface area contributed by atoms with Crippen molar-refractivity contribution in [3.8, 4) is 0 Å². The van der Waals surface area contributed by atoms with E-state index in [1.165, 1.54) is 54.7 Å². The lowest BCUT2D eigenvalue weighted by molar-refractivity contribution is -0.114. The predicted octanol–water partition coefficient (Wildman–Crippen LogP) is 4.19. The minimum atomic E-state index is -3.86. The Morgan fingerprint density at radius 2 is 1.45 bits per heavy atom. The average Bonchev–Trinajstić information content (AvgIpc) is 2.70. The molecule has 3 rings (SSSR count). The first kappa shape index (κ1) is 20.7. The number of hydrogen-bond donors (Lipinski definition) is 1. The maximum atomic E-state index is 13.4. The van der Waals surface area contributed by atoms with Crippen LogP contribution in [0.25, 0.3) is 0 Å². The number of amides is 1. The van der Waals surface area contributed by atoms with Crippen molar-refractivity contribution in [2.24, 2.45) is 0 Å². The summed E-state index contributed by atoms with van der Waals surface area (Å²) in [6, 6.07) is 20.3. The van der Waals surface area contributed by atoms with E-state index in [0.29, 0.717) is 11.3 Å². The lowest BCUT2D eigenvalue weighted by Gasteiger charge is -2.28. The van der Waals surface area contributed by atoms with Gasteiger partial charge in [-0.25, -0.2) is 12.8 Å². The van der Waals surface area contributed by atoms with Gasteiger partial charge in [0.2, 0.25) is 15.9 Å². The highest BCUT2D eigenvalue weighted by molar-refractivity contribution is 7.89. The van der Waals surface area contributed by atoms with Crippen LogP contribution < -0.4 is 5.32 Å². The zero-order valence-corrected chi connectivity index (χ0v) is 16.9. The van der Waals surface area contributed by atoms with Gasteiger partial charge in [-0.05, 0) is 47.5 Å². The number of rotatable bonds is 6. The average molecular weight is 412 g/mol. The van der Waals surface area contributed by atoms with Gasteiger partial charge in [0.05, 0.1) is 10.9 Å². The highest BCUT2D eigenvalue weighted by Gasteiger charge is 2.30. The third-order valence-electron chi connectivity index (χ3n) is 4.52. The van der Waals surface area contributed by atoms with E-state index in [-0.39, 0.29) is 16.6 Å². The molecule has 1 N–H and O–H groups in total. The van der Waals surface area contributed by atoms with Crippen molar-refractivity contribution < 1.29 is 17.6 Å². The Morgan fingerprint density at radius 3 is 2.00 bits per heavy atom. The van der Waals surface area contributed by atoms with Gasteiger partial charge >= 0.3 is 0 Å². The summed E-state index contributed by atoms with van der Waals surface area (Å²) in [6.45, 7) is 1.38. The summed E-state index contributed by atoms with van der Waals surface area (Å²) < 4.78 is 41.3. The molecule has 0 aliphatic rings. The van der Waals surface area contributed by atoms with E-state index in [9.17, 15) is 17.6 Å². The highest BCUT2D eigenvalue weighted by Crippen LogP contribution is 2.32. The molecule has 5 nitrogen and oxygen atoms in total. The van der Waals surface area contributed by atoms with Crippen molar-refractivity contribution in [2.45, 2.75) is 17.9 Å². The second-order valence-corrected chi connectivity index (χ2v) is 8.59. The molecule has 0 spiro atoms. The Bertz CT molecular complexity index is 1080. The number of benzene rings is 3. The molecule has 3 aromatic carbocycles. The van der Waals surface area contributed by atoms with Crippen molar-refractivity contribution in [3.63, 3.8) is 0 Å². The molecule has 0 saturated heterocycles. The quantitative estimate of drug-likeness (QED) is 0.660. The molecule has 150 valence electrons. The monoisotopic (exact) mass is 412 g/mol. The first-order chi connectivity index (χ1) is 13.8. The molecular weight excluding hydrogens is 391 g/mol. The second-order valence-electron chi connectivity index (χ2n) is 6.59. The van der Waals surface area contributed by atoms with Gasteiger partial charge in [-0.3, -0.25) is 4.79 Å². The Balaban J connectivity index is 2.01. The SMILES string of the molecule is CC(=O)Nc1ccc(S(=O)(=O)N(C)C(c2ccccc2)c2ccc(F)cc2)cc1. The van der Waals surface area contributed by atoms with Crippen LogP contribution >= 0.6 is 0 Å². The van der Waals surface area contributed by atoms with Crippen molar-refractivity contribution in [3.05, 3.63) is 95.8 Å². The fourth-order valence-electron chi connectivity index (χ4n) is 3.11. The summed E-state index contributed by atoms with van der Waals surface area (Å²) >= 11 is 0. The van der Waals surface area contributed by atoms with E-state index in [0.717, 1.165) is 5.56 Å². The van der Waals surface area contributed by atoms with Crippen LogP contribution in [0.3, 0.4) is 0 Å². The van der Waals surface area contributed by atoms with Crippen molar-refractivity contribution in [1.82, 2.24) is 4.31 Å². The molecule has 0 fully saturated rings. The molecule has 0 heterocycles. The van der Waals surface area contributed by atoms with Gasteiger partial charge in [0.25, 0.3) is 0 Å². The Morgan fingerprint density at radius 1 is 0.897 bits per heavy atom. The van der Waals surface area contributed by atoms with Crippen molar-refractivity contribution >= 4 is 21.6 Å². The van der Waals surface area contributed by atoms with E-state index < -0.39 is 16.1 Å². The summed E-state index contributed by atoms with van der Waals surface area (Å²) in [5, 5.41) is 2.61. The molecule has 7 heteroatoms. The standard InChI is InChI=1S/C22H21FN2O3S/c1-16(26)24-20-12-14-21(15-13-20)29(27,28)25(2)22(17-6-4-3-5-7-17)18-8-10-19(23)11-9-18/h3-15,22H,1-2H3,(H,24,26). The molecule has 0 saturated carbocycles. The third-order valence-corrected chi connectivity index (χ3v) is 6.35. The fraction of sp³-hybridized carbons (Fsp3) is 0.136. The number of nitrogens with zero attached hydrogens (tertiary/aromatic N) is 1. The molecule has 0 aliphatic carbocycles. The van der Waals surface area contributed by atoms with Gasteiger partial charge in [0.15, 0.2) is 0 Å². The van der Waals surface area contributed by atoms with Crippen LogP contribution in [0, 0.1) is 5.82 Å². The first-order valence-electron chi connectivity index (χ1n) is 8.95. The third kappa shape index (κ3) is 4.70.